The van der Waals surface area contributed by atoms with Crippen molar-refractivity contribution < 1.29 is 14.4 Å². The number of nitrogens with zero attached hydrogens (tertiary/aromatic N) is 3. The summed E-state index contributed by atoms with van der Waals surface area (Å²) in [6.07, 6.45) is 3.08. The third-order valence-corrected chi connectivity index (χ3v) is 3.76. The lowest BCUT2D eigenvalue weighted by atomic mass is 10.1. The summed E-state index contributed by atoms with van der Waals surface area (Å²) in [4.78, 5) is 15.1. The summed E-state index contributed by atoms with van der Waals surface area (Å²) in [5, 5.41) is 15.6. The first-order valence-electron chi connectivity index (χ1n) is 8.40. The van der Waals surface area contributed by atoms with Gasteiger partial charge in [-0.15, -0.1) is 0 Å². The third kappa shape index (κ3) is 4.82. The SMILES string of the molecule is COc1cc(/C=N/Nc2ccccn2)cc([N+](=O)[O-])c1OCc1ccccc1. The molecule has 0 saturated carbocycles. The number of rotatable bonds is 8. The average Bonchev–Trinajstić information content (AvgIpc) is 2.73. The Morgan fingerprint density at radius 3 is 2.64 bits per heavy atom. The van der Waals surface area contributed by atoms with Crippen LogP contribution in [-0.2, 0) is 6.61 Å². The molecule has 1 N–H and O–H groups in total. The van der Waals surface area contributed by atoms with Crippen LogP contribution in [0.15, 0.2) is 72.0 Å². The molecule has 0 fully saturated rings. The molecule has 142 valence electrons. The number of hydrogen-bond donors (Lipinski definition) is 1. The molecule has 2 aromatic carbocycles. The normalized spacial score (nSPS) is 10.6. The minimum absolute atomic E-state index is 0.0752. The number of hydrogen-bond acceptors (Lipinski definition) is 7. The number of nitrogens with one attached hydrogen (secondary N) is 1. The lowest BCUT2D eigenvalue weighted by Crippen LogP contribution is -2.03. The molecule has 28 heavy (non-hydrogen) atoms. The maximum Gasteiger partial charge on any atom is 0.315 e. The highest BCUT2D eigenvalue weighted by Crippen LogP contribution is 2.38. The number of nitro benzene ring substituents is 1. The van der Waals surface area contributed by atoms with Crippen molar-refractivity contribution in [3.05, 3.63) is 88.1 Å². The van der Waals surface area contributed by atoms with E-state index in [2.05, 4.69) is 15.5 Å². The van der Waals surface area contributed by atoms with Gasteiger partial charge in [-0.1, -0.05) is 36.4 Å². The second-order valence-electron chi connectivity index (χ2n) is 5.69. The molecule has 3 aromatic rings. The van der Waals surface area contributed by atoms with Gasteiger partial charge in [0.25, 0.3) is 0 Å². The molecule has 3 rings (SSSR count). The molecule has 8 heteroatoms. The predicted molar refractivity (Wildman–Crippen MR) is 106 cm³/mol. The Balaban J connectivity index is 1.83. The molecule has 0 aliphatic rings. The molecule has 0 aliphatic carbocycles. The van der Waals surface area contributed by atoms with Crippen LogP contribution in [0.5, 0.6) is 11.5 Å². The monoisotopic (exact) mass is 378 g/mol. The summed E-state index contributed by atoms with van der Waals surface area (Å²) in [5.41, 5.74) is 3.94. The Hall–Kier alpha value is -3.94. The summed E-state index contributed by atoms with van der Waals surface area (Å²) in [5.74, 6) is 0.888. The summed E-state index contributed by atoms with van der Waals surface area (Å²) in [6, 6.07) is 17.8. The zero-order valence-electron chi connectivity index (χ0n) is 15.1. The smallest absolute Gasteiger partial charge is 0.315 e. The number of methoxy groups -OCH3 is 1. The summed E-state index contributed by atoms with van der Waals surface area (Å²) in [7, 11) is 1.43. The van der Waals surface area contributed by atoms with Gasteiger partial charge in [-0.05, 0) is 23.8 Å². The van der Waals surface area contributed by atoms with Crippen molar-refractivity contribution in [1.29, 1.82) is 0 Å². The van der Waals surface area contributed by atoms with Crippen molar-refractivity contribution in [3.63, 3.8) is 0 Å². The number of hydrazone groups is 1. The molecule has 0 spiro atoms. The molecule has 0 atom stereocenters. The van der Waals surface area contributed by atoms with Crippen LogP contribution in [-0.4, -0.2) is 23.2 Å². The van der Waals surface area contributed by atoms with E-state index in [1.807, 2.05) is 36.4 Å². The number of ether oxygens (including phenoxy) is 2. The van der Waals surface area contributed by atoms with Crippen molar-refractivity contribution in [1.82, 2.24) is 4.98 Å². The highest BCUT2D eigenvalue weighted by molar-refractivity contribution is 5.83. The fourth-order valence-electron chi connectivity index (χ4n) is 2.45. The largest absolute Gasteiger partial charge is 0.493 e. The average molecular weight is 378 g/mol. The van der Waals surface area contributed by atoms with E-state index in [0.29, 0.717) is 11.4 Å². The first kappa shape index (κ1) is 18.8. The van der Waals surface area contributed by atoms with E-state index in [1.165, 1.54) is 19.4 Å². The summed E-state index contributed by atoms with van der Waals surface area (Å²) in [6.45, 7) is 0.187. The number of nitro groups is 1. The van der Waals surface area contributed by atoms with Gasteiger partial charge >= 0.3 is 5.69 Å². The van der Waals surface area contributed by atoms with Crippen molar-refractivity contribution in [3.8, 4) is 11.5 Å². The van der Waals surface area contributed by atoms with E-state index in [9.17, 15) is 10.1 Å². The molecule has 0 saturated heterocycles. The Morgan fingerprint density at radius 1 is 1.18 bits per heavy atom. The zero-order chi connectivity index (χ0) is 19.8. The van der Waals surface area contributed by atoms with Crippen LogP contribution in [0.3, 0.4) is 0 Å². The zero-order valence-corrected chi connectivity index (χ0v) is 15.1. The first-order valence-corrected chi connectivity index (χ1v) is 8.40. The maximum absolute atomic E-state index is 11.5. The number of aromatic nitrogens is 1. The molecule has 0 aliphatic heterocycles. The van der Waals surface area contributed by atoms with Crippen LogP contribution in [0.25, 0.3) is 0 Å². The topological polar surface area (TPSA) is 98.9 Å². The van der Waals surface area contributed by atoms with Crippen molar-refractivity contribution in [2.75, 3.05) is 12.5 Å². The van der Waals surface area contributed by atoms with Crippen LogP contribution >= 0.6 is 0 Å². The molecule has 0 radical (unpaired) electrons. The van der Waals surface area contributed by atoms with Gasteiger partial charge in [0.1, 0.15) is 12.4 Å². The highest BCUT2D eigenvalue weighted by Gasteiger charge is 2.22. The number of anilines is 1. The lowest BCUT2D eigenvalue weighted by Gasteiger charge is -2.12. The third-order valence-electron chi connectivity index (χ3n) is 3.76. The molecular formula is C20H18N4O4. The van der Waals surface area contributed by atoms with Gasteiger partial charge in [-0.2, -0.15) is 5.10 Å². The predicted octanol–water partition coefficient (Wildman–Crippen LogP) is 4.02. The number of pyridine rings is 1. The lowest BCUT2D eigenvalue weighted by molar-refractivity contribution is -0.386. The van der Waals surface area contributed by atoms with Crippen LogP contribution in [0.4, 0.5) is 11.5 Å². The fraction of sp³-hybridized carbons (Fsp3) is 0.100. The van der Waals surface area contributed by atoms with E-state index < -0.39 is 4.92 Å². The minimum Gasteiger partial charge on any atom is -0.493 e. The quantitative estimate of drug-likeness (QED) is 0.361. The summed E-state index contributed by atoms with van der Waals surface area (Å²) < 4.78 is 11.0. The molecule has 1 heterocycles. The second kappa shape index (κ2) is 9.13. The van der Waals surface area contributed by atoms with Gasteiger partial charge in [0, 0.05) is 17.8 Å². The second-order valence-corrected chi connectivity index (χ2v) is 5.69. The van der Waals surface area contributed by atoms with Gasteiger partial charge in [-0.25, -0.2) is 4.98 Å². The standard InChI is InChI=1S/C20H18N4O4/c1-27-18-12-16(13-22-23-19-9-5-6-10-21-19)11-17(24(25)26)20(18)28-14-15-7-3-2-4-8-15/h2-13H,14H2,1H3,(H,21,23)/b22-13+. The Labute approximate surface area is 161 Å². The van der Waals surface area contributed by atoms with E-state index in [4.69, 9.17) is 9.47 Å². The van der Waals surface area contributed by atoms with Crippen molar-refractivity contribution in [2.45, 2.75) is 6.61 Å². The van der Waals surface area contributed by atoms with Gasteiger partial charge in [0.15, 0.2) is 5.75 Å². The summed E-state index contributed by atoms with van der Waals surface area (Å²) >= 11 is 0. The minimum atomic E-state index is -0.508. The van der Waals surface area contributed by atoms with Crippen LogP contribution in [0.2, 0.25) is 0 Å². The van der Waals surface area contributed by atoms with Crippen molar-refractivity contribution >= 4 is 17.7 Å². The number of benzene rings is 2. The van der Waals surface area contributed by atoms with E-state index in [1.54, 1.807) is 24.4 Å². The maximum atomic E-state index is 11.5. The molecular weight excluding hydrogens is 360 g/mol. The van der Waals surface area contributed by atoms with Gasteiger partial charge in [0.05, 0.1) is 18.2 Å². The van der Waals surface area contributed by atoms with Gasteiger partial charge in [0.2, 0.25) is 5.75 Å². The van der Waals surface area contributed by atoms with Crippen LogP contribution in [0.1, 0.15) is 11.1 Å². The molecule has 0 amide bonds. The fourth-order valence-corrected chi connectivity index (χ4v) is 2.45. The highest BCUT2D eigenvalue weighted by atomic mass is 16.6. The Kier molecular flexibility index (Phi) is 6.14. The molecule has 0 unspecified atom stereocenters. The molecule has 8 nitrogen and oxygen atoms in total. The van der Waals surface area contributed by atoms with Crippen LogP contribution in [0, 0.1) is 10.1 Å². The Bertz CT molecular complexity index is 963. The van der Waals surface area contributed by atoms with Gasteiger partial charge in [-0.3, -0.25) is 15.5 Å². The van der Waals surface area contributed by atoms with E-state index >= 15 is 0 Å². The Morgan fingerprint density at radius 2 is 1.96 bits per heavy atom. The van der Waals surface area contributed by atoms with Crippen molar-refractivity contribution in [2.24, 2.45) is 5.10 Å². The van der Waals surface area contributed by atoms with Gasteiger partial charge < -0.3 is 9.47 Å². The van der Waals surface area contributed by atoms with E-state index in [-0.39, 0.29) is 23.8 Å². The molecule has 0 bridgehead atoms. The van der Waals surface area contributed by atoms with Crippen LogP contribution < -0.4 is 14.9 Å². The molecule has 1 aromatic heterocycles. The van der Waals surface area contributed by atoms with E-state index in [0.717, 1.165) is 5.56 Å². The first-order chi connectivity index (χ1) is 13.7.